The molecule has 0 amide bonds. The molecule has 0 fully saturated rings. The maximum absolute atomic E-state index is 13.5. The summed E-state index contributed by atoms with van der Waals surface area (Å²) in [5.74, 6) is -0.472. The number of benzene rings is 2. The summed E-state index contributed by atoms with van der Waals surface area (Å²) in [6.45, 7) is 0. The van der Waals surface area contributed by atoms with Gasteiger partial charge in [-0.05, 0) is 23.8 Å². The van der Waals surface area contributed by atoms with E-state index in [2.05, 4.69) is 5.10 Å². The van der Waals surface area contributed by atoms with E-state index in [4.69, 9.17) is 17.3 Å². The van der Waals surface area contributed by atoms with Gasteiger partial charge in [0, 0.05) is 11.8 Å². The number of nitrogens with zero attached hydrogens (tertiary/aromatic N) is 2. The van der Waals surface area contributed by atoms with Crippen LogP contribution in [-0.4, -0.2) is 9.78 Å². The zero-order valence-electron chi connectivity index (χ0n) is 11.1. The van der Waals surface area contributed by atoms with Gasteiger partial charge >= 0.3 is 0 Å². The SMILES string of the molecule is NC(c1cnn(-c2ccccc2)c1)c1cccc(F)c1Cl. The van der Waals surface area contributed by atoms with Gasteiger partial charge in [-0.3, -0.25) is 0 Å². The number of nitrogens with two attached hydrogens (primary N) is 1. The Morgan fingerprint density at radius 3 is 2.62 bits per heavy atom. The highest BCUT2D eigenvalue weighted by molar-refractivity contribution is 6.31. The number of halogens is 2. The molecule has 3 rings (SSSR count). The Bertz CT molecular complexity index is 755. The second-order valence-electron chi connectivity index (χ2n) is 4.67. The maximum Gasteiger partial charge on any atom is 0.142 e. The normalized spacial score (nSPS) is 12.3. The molecule has 2 aromatic carbocycles. The first-order valence-corrected chi connectivity index (χ1v) is 6.84. The lowest BCUT2D eigenvalue weighted by Crippen LogP contribution is -2.12. The molecule has 1 aromatic heterocycles. The van der Waals surface area contributed by atoms with Crippen molar-refractivity contribution in [2.45, 2.75) is 6.04 Å². The number of para-hydroxylation sites is 1. The summed E-state index contributed by atoms with van der Waals surface area (Å²) in [6.07, 6.45) is 3.49. The number of hydrogen-bond acceptors (Lipinski definition) is 2. The molecule has 106 valence electrons. The van der Waals surface area contributed by atoms with E-state index < -0.39 is 11.9 Å². The van der Waals surface area contributed by atoms with Crippen LogP contribution in [0.2, 0.25) is 5.02 Å². The standard InChI is InChI=1S/C16H13ClFN3/c17-15-13(7-4-8-14(15)18)16(19)11-9-20-21(10-11)12-5-2-1-3-6-12/h1-10,16H,19H2. The highest BCUT2D eigenvalue weighted by Crippen LogP contribution is 2.28. The van der Waals surface area contributed by atoms with Gasteiger partial charge in [0.25, 0.3) is 0 Å². The fourth-order valence-electron chi connectivity index (χ4n) is 2.16. The highest BCUT2D eigenvalue weighted by Gasteiger charge is 2.16. The first-order valence-electron chi connectivity index (χ1n) is 6.46. The summed E-state index contributed by atoms with van der Waals surface area (Å²) in [5, 5.41) is 4.34. The Morgan fingerprint density at radius 2 is 1.86 bits per heavy atom. The van der Waals surface area contributed by atoms with Gasteiger partial charge in [-0.1, -0.05) is 41.9 Å². The van der Waals surface area contributed by atoms with E-state index >= 15 is 0 Å². The van der Waals surface area contributed by atoms with Gasteiger partial charge in [-0.15, -0.1) is 0 Å². The molecule has 0 radical (unpaired) electrons. The third-order valence-corrected chi connectivity index (χ3v) is 3.70. The molecule has 3 aromatic rings. The van der Waals surface area contributed by atoms with Crippen LogP contribution >= 0.6 is 11.6 Å². The van der Waals surface area contributed by atoms with Crippen molar-refractivity contribution in [2.24, 2.45) is 5.73 Å². The largest absolute Gasteiger partial charge is 0.320 e. The number of aromatic nitrogens is 2. The summed E-state index contributed by atoms with van der Waals surface area (Å²) in [4.78, 5) is 0. The molecule has 5 heteroatoms. The Balaban J connectivity index is 1.95. The minimum absolute atomic E-state index is 0.0532. The van der Waals surface area contributed by atoms with Crippen LogP contribution in [0.1, 0.15) is 17.2 Å². The molecule has 1 atom stereocenters. The van der Waals surface area contributed by atoms with Crippen LogP contribution in [0.15, 0.2) is 60.9 Å². The van der Waals surface area contributed by atoms with E-state index in [0.717, 1.165) is 11.3 Å². The predicted molar refractivity (Wildman–Crippen MR) is 81.0 cm³/mol. The lowest BCUT2D eigenvalue weighted by molar-refractivity contribution is 0.624. The zero-order valence-corrected chi connectivity index (χ0v) is 11.8. The Kier molecular flexibility index (Phi) is 3.73. The average molecular weight is 302 g/mol. The van der Waals surface area contributed by atoms with Crippen molar-refractivity contribution in [3.63, 3.8) is 0 Å². The molecule has 0 bridgehead atoms. The lowest BCUT2D eigenvalue weighted by Gasteiger charge is -2.12. The van der Waals surface area contributed by atoms with Gasteiger partial charge < -0.3 is 5.73 Å². The third kappa shape index (κ3) is 2.68. The molecule has 3 nitrogen and oxygen atoms in total. The molecular formula is C16H13ClFN3. The highest BCUT2D eigenvalue weighted by atomic mass is 35.5. The Hall–Kier alpha value is -2.17. The van der Waals surface area contributed by atoms with Gasteiger partial charge in [0.2, 0.25) is 0 Å². The zero-order chi connectivity index (χ0) is 14.8. The minimum Gasteiger partial charge on any atom is -0.320 e. The van der Waals surface area contributed by atoms with Crippen molar-refractivity contribution in [2.75, 3.05) is 0 Å². The summed E-state index contributed by atoms with van der Waals surface area (Å²) >= 11 is 5.98. The van der Waals surface area contributed by atoms with Crippen molar-refractivity contribution in [3.8, 4) is 5.69 Å². The van der Waals surface area contributed by atoms with E-state index in [9.17, 15) is 4.39 Å². The van der Waals surface area contributed by atoms with E-state index in [-0.39, 0.29) is 5.02 Å². The van der Waals surface area contributed by atoms with Crippen LogP contribution in [0.25, 0.3) is 5.69 Å². The molecule has 1 unspecified atom stereocenters. The fourth-order valence-corrected chi connectivity index (χ4v) is 2.40. The maximum atomic E-state index is 13.5. The minimum atomic E-state index is -0.523. The molecule has 0 aliphatic rings. The molecule has 0 spiro atoms. The summed E-state index contributed by atoms with van der Waals surface area (Å²) in [5.41, 5.74) is 8.42. The van der Waals surface area contributed by atoms with Crippen molar-refractivity contribution < 1.29 is 4.39 Å². The van der Waals surface area contributed by atoms with Crippen LogP contribution in [0, 0.1) is 5.82 Å². The van der Waals surface area contributed by atoms with Crippen molar-refractivity contribution in [1.82, 2.24) is 9.78 Å². The van der Waals surface area contributed by atoms with Crippen LogP contribution in [0.3, 0.4) is 0 Å². The molecule has 0 saturated heterocycles. The quantitative estimate of drug-likeness (QED) is 0.801. The molecular weight excluding hydrogens is 289 g/mol. The van der Waals surface area contributed by atoms with Gasteiger partial charge in [0.1, 0.15) is 5.82 Å². The number of rotatable bonds is 3. The van der Waals surface area contributed by atoms with Gasteiger partial charge in [0.15, 0.2) is 0 Å². The third-order valence-electron chi connectivity index (χ3n) is 3.30. The lowest BCUT2D eigenvalue weighted by atomic mass is 10.0. The molecule has 1 heterocycles. The fraction of sp³-hybridized carbons (Fsp3) is 0.0625. The van der Waals surface area contributed by atoms with Crippen molar-refractivity contribution >= 4 is 11.6 Å². The average Bonchev–Trinajstić information content (AvgIpc) is 3.00. The smallest absolute Gasteiger partial charge is 0.142 e. The Labute approximate surface area is 126 Å². The van der Waals surface area contributed by atoms with Gasteiger partial charge in [-0.2, -0.15) is 5.10 Å². The predicted octanol–water partition coefficient (Wildman–Crippen LogP) is 3.71. The molecule has 0 aliphatic carbocycles. The van der Waals surface area contributed by atoms with Crippen molar-refractivity contribution in [1.29, 1.82) is 0 Å². The van der Waals surface area contributed by atoms with Crippen LogP contribution in [0.4, 0.5) is 4.39 Å². The molecule has 21 heavy (non-hydrogen) atoms. The second kappa shape index (κ2) is 5.68. The van der Waals surface area contributed by atoms with E-state index in [1.807, 2.05) is 36.5 Å². The van der Waals surface area contributed by atoms with E-state index in [1.165, 1.54) is 6.07 Å². The van der Waals surface area contributed by atoms with E-state index in [1.54, 1.807) is 23.0 Å². The summed E-state index contributed by atoms with van der Waals surface area (Å²) < 4.78 is 15.2. The first kappa shape index (κ1) is 13.8. The molecule has 0 saturated carbocycles. The van der Waals surface area contributed by atoms with E-state index in [0.29, 0.717) is 5.56 Å². The molecule has 0 aliphatic heterocycles. The topological polar surface area (TPSA) is 43.8 Å². The summed E-state index contributed by atoms with van der Waals surface area (Å²) in [7, 11) is 0. The molecule has 2 N–H and O–H groups in total. The first-order chi connectivity index (χ1) is 10.2. The van der Waals surface area contributed by atoms with Crippen molar-refractivity contribution in [3.05, 3.63) is 82.9 Å². The van der Waals surface area contributed by atoms with Crippen LogP contribution in [-0.2, 0) is 0 Å². The van der Waals surface area contributed by atoms with Gasteiger partial charge in [0.05, 0.1) is 22.9 Å². The number of hydrogen-bond donors (Lipinski definition) is 1. The Morgan fingerprint density at radius 1 is 1.10 bits per heavy atom. The second-order valence-corrected chi connectivity index (χ2v) is 5.05. The van der Waals surface area contributed by atoms with Crippen LogP contribution in [0.5, 0.6) is 0 Å². The van der Waals surface area contributed by atoms with Gasteiger partial charge in [-0.25, -0.2) is 9.07 Å². The monoisotopic (exact) mass is 301 g/mol. The summed E-state index contributed by atoms with van der Waals surface area (Å²) in [6, 6.07) is 13.8. The van der Waals surface area contributed by atoms with Crippen LogP contribution < -0.4 is 5.73 Å².